The number of benzene rings is 1. The summed E-state index contributed by atoms with van der Waals surface area (Å²) in [6.45, 7) is 1.78. The van der Waals surface area contributed by atoms with Gasteiger partial charge in [-0.2, -0.15) is 0 Å². The van der Waals surface area contributed by atoms with Gasteiger partial charge >= 0.3 is 0 Å². The van der Waals surface area contributed by atoms with Crippen molar-refractivity contribution < 1.29 is 4.92 Å². The third kappa shape index (κ3) is 2.50. The van der Waals surface area contributed by atoms with Crippen LogP contribution in [-0.2, 0) is 0 Å². The molecule has 0 aliphatic rings. The van der Waals surface area contributed by atoms with E-state index in [1.54, 1.807) is 13.0 Å². The molecule has 0 spiro atoms. The van der Waals surface area contributed by atoms with Crippen LogP contribution < -0.4 is 5.73 Å². The van der Waals surface area contributed by atoms with Gasteiger partial charge in [-0.25, -0.2) is 0 Å². The molecule has 0 aliphatic heterocycles. The lowest BCUT2D eigenvalue weighted by Gasteiger charge is -2.05. The largest absolute Gasteiger partial charge is 0.324 e. The van der Waals surface area contributed by atoms with E-state index in [1.807, 2.05) is 0 Å². The lowest BCUT2D eigenvalue weighted by Crippen LogP contribution is -2.05. The monoisotopic (exact) mass is 244 g/mol. The molecule has 0 bridgehead atoms. The fourth-order valence-electron chi connectivity index (χ4n) is 0.965. The molecule has 1 atom stereocenters. The summed E-state index contributed by atoms with van der Waals surface area (Å²) in [5, 5.41) is 10.5. The molecule has 0 radical (unpaired) electrons. The normalized spacial score (nSPS) is 12.5. The first kappa shape index (κ1) is 10.1. The van der Waals surface area contributed by atoms with Gasteiger partial charge < -0.3 is 5.73 Å². The Hall–Kier alpha value is -0.940. The zero-order chi connectivity index (χ0) is 10.0. The number of nitro benzene ring substituents is 1. The van der Waals surface area contributed by atoms with E-state index < -0.39 is 4.92 Å². The maximum atomic E-state index is 10.5. The summed E-state index contributed by atoms with van der Waals surface area (Å²) in [6, 6.07) is 4.51. The first-order valence-corrected chi connectivity index (χ1v) is 4.50. The van der Waals surface area contributed by atoms with E-state index in [-0.39, 0.29) is 11.7 Å². The van der Waals surface area contributed by atoms with Crippen LogP contribution in [0.5, 0.6) is 0 Å². The number of hydrogen-bond donors (Lipinski definition) is 1. The molecule has 2 N–H and O–H groups in total. The summed E-state index contributed by atoms with van der Waals surface area (Å²) >= 11 is 3.19. The Morgan fingerprint density at radius 3 is 2.62 bits per heavy atom. The highest BCUT2D eigenvalue weighted by Crippen LogP contribution is 2.23. The third-order valence-corrected chi connectivity index (χ3v) is 2.10. The smallest absolute Gasteiger partial charge is 0.270 e. The molecule has 70 valence electrons. The zero-order valence-corrected chi connectivity index (χ0v) is 8.61. The van der Waals surface area contributed by atoms with Crippen LogP contribution in [0.1, 0.15) is 18.5 Å². The van der Waals surface area contributed by atoms with Gasteiger partial charge in [0.25, 0.3) is 5.69 Å². The van der Waals surface area contributed by atoms with E-state index in [2.05, 4.69) is 15.9 Å². The topological polar surface area (TPSA) is 69.2 Å². The molecule has 1 unspecified atom stereocenters. The maximum Gasteiger partial charge on any atom is 0.270 e. The van der Waals surface area contributed by atoms with Gasteiger partial charge in [0.15, 0.2) is 0 Å². The number of hydrogen-bond acceptors (Lipinski definition) is 3. The van der Waals surface area contributed by atoms with Crippen LogP contribution in [0.25, 0.3) is 0 Å². The van der Waals surface area contributed by atoms with Gasteiger partial charge in [-0.1, -0.05) is 15.9 Å². The van der Waals surface area contributed by atoms with Crippen molar-refractivity contribution in [3.8, 4) is 0 Å². The summed E-state index contributed by atoms with van der Waals surface area (Å²) in [4.78, 5) is 10.0. The first-order valence-electron chi connectivity index (χ1n) is 3.71. The number of rotatable bonds is 2. The predicted molar refractivity (Wildman–Crippen MR) is 53.4 cm³/mol. The van der Waals surface area contributed by atoms with E-state index in [0.29, 0.717) is 4.47 Å². The van der Waals surface area contributed by atoms with Crippen molar-refractivity contribution in [1.29, 1.82) is 0 Å². The van der Waals surface area contributed by atoms with E-state index in [1.165, 1.54) is 12.1 Å². The number of nitro groups is 1. The first-order chi connectivity index (χ1) is 6.00. The number of nitrogens with two attached hydrogens (primary N) is 1. The molecule has 0 saturated heterocycles. The molecule has 0 amide bonds. The van der Waals surface area contributed by atoms with Crippen molar-refractivity contribution >= 4 is 21.6 Å². The van der Waals surface area contributed by atoms with E-state index >= 15 is 0 Å². The molecule has 1 rings (SSSR count). The van der Waals surface area contributed by atoms with Crippen LogP contribution >= 0.6 is 15.9 Å². The van der Waals surface area contributed by atoms with Crippen LogP contribution in [-0.4, -0.2) is 4.92 Å². The van der Waals surface area contributed by atoms with Gasteiger partial charge in [0.1, 0.15) is 0 Å². The Kier molecular flexibility index (Phi) is 3.00. The van der Waals surface area contributed by atoms with Gasteiger partial charge in [-0.05, 0) is 18.6 Å². The summed E-state index contributed by atoms with van der Waals surface area (Å²) in [6.07, 6.45) is 0. The van der Waals surface area contributed by atoms with Crippen LogP contribution in [0.15, 0.2) is 22.7 Å². The maximum absolute atomic E-state index is 10.5. The highest BCUT2D eigenvalue weighted by atomic mass is 79.9. The Morgan fingerprint density at radius 1 is 1.54 bits per heavy atom. The van der Waals surface area contributed by atoms with Gasteiger partial charge in [0.05, 0.1) is 4.92 Å². The SMILES string of the molecule is CC(N)c1cc(Br)cc([N+](=O)[O-])c1. The fraction of sp³-hybridized carbons (Fsp3) is 0.250. The van der Waals surface area contributed by atoms with Gasteiger partial charge in [0, 0.05) is 22.6 Å². The van der Waals surface area contributed by atoms with Gasteiger partial charge in [-0.3, -0.25) is 10.1 Å². The number of halogens is 1. The van der Waals surface area contributed by atoms with E-state index in [9.17, 15) is 10.1 Å². The Balaban J connectivity index is 3.19. The van der Waals surface area contributed by atoms with Crippen molar-refractivity contribution in [2.45, 2.75) is 13.0 Å². The number of nitrogens with zero attached hydrogens (tertiary/aromatic N) is 1. The Morgan fingerprint density at radius 2 is 2.15 bits per heavy atom. The summed E-state index contributed by atoms with van der Waals surface area (Å²) in [5.74, 6) is 0. The van der Waals surface area contributed by atoms with Gasteiger partial charge in [0.2, 0.25) is 0 Å². The second-order valence-electron chi connectivity index (χ2n) is 2.79. The molecule has 1 aromatic rings. The third-order valence-electron chi connectivity index (χ3n) is 1.64. The standard InChI is InChI=1S/C8H9BrN2O2/c1-5(10)6-2-7(9)4-8(3-6)11(12)13/h2-5H,10H2,1H3. The molecule has 1 aromatic carbocycles. The van der Waals surface area contributed by atoms with Crippen molar-refractivity contribution in [3.63, 3.8) is 0 Å². The molecule has 4 nitrogen and oxygen atoms in total. The molecule has 13 heavy (non-hydrogen) atoms. The molecule has 0 aromatic heterocycles. The van der Waals surface area contributed by atoms with Gasteiger partial charge in [-0.15, -0.1) is 0 Å². The molecule has 5 heteroatoms. The van der Waals surface area contributed by atoms with Crippen molar-refractivity contribution in [2.75, 3.05) is 0 Å². The zero-order valence-electron chi connectivity index (χ0n) is 7.03. The predicted octanol–water partition coefficient (Wildman–Crippen LogP) is 2.38. The minimum Gasteiger partial charge on any atom is -0.324 e. The fourth-order valence-corrected chi connectivity index (χ4v) is 1.46. The molecular formula is C8H9BrN2O2. The van der Waals surface area contributed by atoms with Crippen molar-refractivity contribution in [3.05, 3.63) is 38.3 Å². The highest BCUT2D eigenvalue weighted by Gasteiger charge is 2.10. The summed E-state index contributed by atoms with van der Waals surface area (Å²) < 4.78 is 0.675. The lowest BCUT2D eigenvalue weighted by molar-refractivity contribution is -0.385. The van der Waals surface area contributed by atoms with Crippen LogP contribution in [0, 0.1) is 10.1 Å². The molecule has 0 saturated carbocycles. The lowest BCUT2D eigenvalue weighted by atomic mass is 10.1. The average molecular weight is 245 g/mol. The summed E-state index contributed by atoms with van der Waals surface area (Å²) in [7, 11) is 0. The Bertz CT molecular complexity index is 339. The summed E-state index contributed by atoms with van der Waals surface area (Å²) in [5.41, 5.74) is 6.42. The highest BCUT2D eigenvalue weighted by molar-refractivity contribution is 9.10. The van der Waals surface area contributed by atoms with E-state index in [4.69, 9.17) is 5.73 Å². The second-order valence-corrected chi connectivity index (χ2v) is 3.70. The minimum atomic E-state index is -0.434. The van der Waals surface area contributed by atoms with Crippen LogP contribution in [0.3, 0.4) is 0 Å². The quantitative estimate of drug-likeness (QED) is 0.642. The van der Waals surface area contributed by atoms with Crippen LogP contribution in [0.2, 0.25) is 0 Å². The average Bonchev–Trinajstić information content (AvgIpc) is 2.03. The van der Waals surface area contributed by atoms with E-state index in [0.717, 1.165) is 5.56 Å². The van der Waals surface area contributed by atoms with Crippen molar-refractivity contribution in [2.24, 2.45) is 5.73 Å². The van der Waals surface area contributed by atoms with Crippen LogP contribution in [0.4, 0.5) is 5.69 Å². The number of non-ortho nitro benzene ring substituents is 1. The molecule has 0 aliphatic carbocycles. The second kappa shape index (κ2) is 3.85. The van der Waals surface area contributed by atoms with Crippen molar-refractivity contribution in [1.82, 2.24) is 0 Å². The minimum absolute atomic E-state index is 0.0571. The molecule has 0 heterocycles. The molecule has 0 fully saturated rings. The molecular weight excluding hydrogens is 236 g/mol. The Labute approximate surface area is 84.0 Å².